The molecule has 0 spiro atoms. The summed E-state index contributed by atoms with van der Waals surface area (Å²) in [4.78, 5) is 34.8. The Hall–Kier alpha value is -4.65. The maximum absolute atomic E-state index is 12.5. The fourth-order valence-electron chi connectivity index (χ4n) is 3.42. The van der Waals surface area contributed by atoms with Crippen LogP contribution in [0.3, 0.4) is 0 Å². The van der Waals surface area contributed by atoms with E-state index in [2.05, 4.69) is 13.2 Å². The summed E-state index contributed by atoms with van der Waals surface area (Å²) in [5.74, 6) is 0.162. The first-order chi connectivity index (χ1) is 18.5. The molecule has 0 N–H and O–H groups in total. The lowest BCUT2D eigenvalue weighted by atomic mass is 10.1. The number of benzene rings is 3. The van der Waals surface area contributed by atoms with Gasteiger partial charge < -0.3 is 18.9 Å². The molecule has 3 rings (SSSR count). The number of carbonyl (C=O) groups excluding carboxylic acids is 3. The minimum Gasteiger partial charge on any atom is -0.494 e. The third kappa shape index (κ3) is 9.09. The van der Waals surface area contributed by atoms with Gasteiger partial charge in [0, 0.05) is 12.2 Å². The number of ether oxygens (including phenoxy) is 4. The number of hydrogen-bond donors (Lipinski definition) is 0. The number of carbonyl (C=O) groups is 3. The molecule has 0 heterocycles. The molecular formula is C31H30O7. The fourth-order valence-corrected chi connectivity index (χ4v) is 3.42. The van der Waals surface area contributed by atoms with Crippen LogP contribution in [-0.4, -0.2) is 31.1 Å². The van der Waals surface area contributed by atoms with Crippen molar-refractivity contribution < 1.29 is 33.3 Å². The molecule has 0 aromatic heterocycles. The van der Waals surface area contributed by atoms with Gasteiger partial charge in [0.1, 0.15) is 17.2 Å². The lowest BCUT2D eigenvalue weighted by Crippen LogP contribution is -2.08. The quantitative estimate of drug-likeness (QED) is 0.107. The van der Waals surface area contributed by atoms with Crippen LogP contribution in [0.4, 0.5) is 0 Å². The van der Waals surface area contributed by atoms with E-state index in [-0.39, 0.29) is 0 Å². The highest BCUT2D eigenvalue weighted by molar-refractivity contribution is 5.91. The topological polar surface area (TPSA) is 88.1 Å². The zero-order valence-electron chi connectivity index (χ0n) is 21.1. The molecule has 196 valence electrons. The molecule has 0 unspecified atom stereocenters. The van der Waals surface area contributed by atoms with E-state index in [4.69, 9.17) is 18.9 Å². The maximum atomic E-state index is 12.5. The maximum Gasteiger partial charge on any atom is 0.343 e. The summed E-state index contributed by atoms with van der Waals surface area (Å²) in [6.07, 6.45) is 5.86. The smallest absolute Gasteiger partial charge is 0.343 e. The minimum absolute atomic E-state index is 0.396. The van der Waals surface area contributed by atoms with Crippen molar-refractivity contribution in [2.75, 3.05) is 13.2 Å². The molecule has 0 saturated carbocycles. The zero-order chi connectivity index (χ0) is 27.2. The third-order valence-corrected chi connectivity index (χ3v) is 5.45. The minimum atomic E-state index is -0.514. The van der Waals surface area contributed by atoms with E-state index in [1.807, 2.05) is 24.3 Å². The summed E-state index contributed by atoms with van der Waals surface area (Å²) < 4.78 is 21.2. The molecule has 0 fully saturated rings. The summed E-state index contributed by atoms with van der Waals surface area (Å²) in [7, 11) is 0. The van der Waals surface area contributed by atoms with Crippen molar-refractivity contribution in [1.82, 2.24) is 0 Å². The number of esters is 3. The molecule has 0 atom stereocenters. The predicted octanol–water partition coefficient (Wildman–Crippen LogP) is 6.33. The first kappa shape index (κ1) is 27.9. The SMILES string of the molecule is C=CC(=O)OCCCCCCOc1ccc(C(=O)Oc2ccc(-c3ccc(OC(=O)C=C)cc3)cc2)cc1. The Morgan fingerprint density at radius 3 is 1.63 bits per heavy atom. The Morgan fingerprint density at radius 2 is 1.08 bits per heavy atom. The molecular weight excluding hydrogens is 484 g/mol. The molecule has 0 radical (unpaired) electrons. The first-order valence-electron chi connectivity index (χ1n) is 12.3. The van der Waals surface area contributed by atoms with Crippen LogP contribution in [0.5, 0.6) is 17.2 Å². The molecule has 0 aliphatic heterocycles. The largest absolute Gasteiger partial charge is 0.494 e. The normalized spacial score (nSPS) is 10.2. The van der Waals surface area contributed by atoms with E-state index < -0.39 is 17.9 Å². The third-order valence-electron chi connectivity index (χ3n) is 5.45. The van der Waals surface area contributed by atoms with Crippen LogP contribution in [0.15, 0.2) is 98.1 Å². The fraction of sp³-hybridized carbons (Fsp3) is 0.194. The van der Waals surface area contributed by atoms with Gasteiger partial charge in [-0.15, -0.1) is 0 Å². The van der Waals surface area contributed by atoms with Crippen LogP contribution in [0.2, 0.25) is 0 Å². The van der Waals surface area contributed by atoms with Crippen LogP contribution in [0, 0.1) is 0 Å². The summed E-state index contributed by atoms with van der Waals surface area (Å²) in [5.41, 5.74) is 2.26. The first-order valence-corrected chi connectivity index (χ1v) is 12.3. The van der Waals surface area contributed by atoms with Gasteiger partial charge in [0.2, 0.25) is 0 Å². The van der Waals surface area contributed by atoms with Crippen molar-refractivity contribution in [3.63, 3.8) is 0 Å². The van der Waals surface area contributed by atoms with Gasteiger partial charge in [-0.05, 0) is 85.3 Å². The summed E-state index contributed by atoms with van der Waals surface area (Å²) in [5, 5.41) is 0. The molecule has 0 amide bonds. The van der Waals surface area contributed by atoms with Crippen molar-refractivity contribution in [3.8, 4) is 28.4 Å². The van der Waals surface area contributed by atoms with Crippen molar-refractivity contribution in [3.05, 3.63) is 104 Å². The molecule has 0 bridgehead atoms. The molecule has 7 heteroatoms. The molecule has 0 aliphatic rings. The van der Waals surface area contributed by atoms with Crippen molar-refractivity contribution in [2.45, 2.75) is 25.7 Å². The van der Waals surface area contributed by atoms with E-state index in [0.29, 0.717) is 36.0 Å². The number of rotatable bonds is 14. The van der Waals surface area contributed by atoms with Gasteiger partial charge in [0.25, 0.3) is 0 Å². The van der Waals surface area contributed by atoms with Gasteiger partial charge in [-0.1, -0.05) is 37.4 Å². The lowest BCUT2D eigenvalue weighted by Gasteiger charge is -2.09. The van der Waals surface area contributed by atoms with Crippen molar-refractivity contribution in [2.24, 2.45) is 0 Å². The number of hydrogen-bond acceptors (Lipinski definition) is 7. The predicted molar refractivity (Wildman–Crippen MR) is 144 cm³/mol. The molecule has 0 saturated heterocycles. The highest BCUT2D eigenvalue weighted by atomic mass is 16.5. The van der Waals surface area contributed by atoms with E-state index in [1.54, 1.807) is 48.5 Å². The van der Waals surface area contributed by atoms with Gasteiger partial charge in [-0.2, -0.15) is 0 Å². The van der Waals surface area contributed by atoms with Crippen LogP contribution in [-0.2, 0) is 14.3 Å². The number of unbranched alkanes of at least 4 members (excludes halogenated alkanes) is 3. The van der Waals surface area contributed by atoms with Crippen LogP contribution < -0.4 is 14.2 Å². The van der Waals surface area contributed by atoms with E-state index in [0.717, 1.165) is 49.0 Å². The summed E-state index contributed by atoms with van der Waals surface area (Å²) in [6, 6.07) is 21.0. The van der Waals surface area contributed by atoms with Crippen molar-refractivity contribution >= 4 is 17.9 Å². The molecule has 38 heavy (non-hydrogen) atoms. The molecule has 3 aromatic carbocycles. The second kappa shape index (κ2) is 14.8. The zero-order valence-corrected chi connectivity index (χ0v) is 21.1. The van der Waals surface area contributed by atoms with Gasteiger partial charge in [-0.25, -0.2) is 14.4 Å². The molecule has 0 aliphatic carbocycles. The lowest BCUT2D eigenvalue weighted by molar-refractivity contribution is -0.137. The van der Waals surface area contributed by atoms with E-state index >= 15 is 0 Å². The monoisotopic (exact) mass is 514 g/mol. The Morgan fingerprint density at radius 1 is 0.579 bits per heavy atom. The van der Waals surface area contributed by atoms with E-state index in [9.17, 15) is 14.4 Å². The summed E-state index contributed by atoms with van der Waals surface area (Å²) >= 11 is 0. The molecule has 7 nitrogen and oxygen atoms in total. The second-order valence-electron chi connectivity index (χ2n) is 8.22. The highest BCUT2D eigenvalue weighted by Crippen LogP contribution is 2.25. The summed E-state index contributed by atoms with van der Waals surface area (Å²) in [6.45, 7) is 7.69. The highest BCUT2D eigenvalue weighted by Gasteiger charge is 2.10. The van der Waals surface area contributed by atoms with Gasteiger partial charge >= 0.3 is 17.9 Å². The average Bonchev–Trinajstić information content (AvgIpc) is 2.95. The van der Waals surface area contributed by atoms with E-state index in [1.165, 1.54) is 0 Å². The Labute approximate surface area is 222 Å². The standard InChI is InChI=1S/C31H30O7/c1-3-29(32)36-22-8-6-5-7-21-35-26-15-13-25(14-16-26)31(34)38-28-19-11-24(12-20-28)23-9-17-27(18-10-23)37-30(33)4-2/h3-4,9-20H,1-2,5-8,21-22H2. The van der Waals surface area contributed by atoms with Crippen LogP contribution >= 0.6 is 0 Å². The van der Waals surface area contributed by atoms with Gasteiger partial charge in [-0.3, -0.25) is 0 Å². The van der Waals surface area contributed by atoms with Crippen molar-refractivity contribution in [1.29, 1.82) is 0 Å². The van der Waals surface area contributed by atoms with Gasteiger partial charge in [0.05, 0.1) is 18.8 Å². The Kier molecular flexibility index (Phi) is 10.9. The average molecular weight is 515 g/mol. The molecule has 3 aromatic rings. The van der Waals surface area contributed by atoms with Crippen LogP contribution in [0.25, 0.3) is 11.1 Å². The second-order valence-corrected chi connectivity index (χ2v) is 8.22. The Bertz CT molecular complexity index is 1230. The van der Waals surface area contributed by atoms with Crippen LogP contribution in [0.1, 0.15) is 36.0 Å². The Balaban J connectivity index is 1.41. The van der Waals surface area contributed by atoms with Gasteiger partial charge in [0.15, 0.2) is 0 Å².